The van der Waals surface area contributed by atoms with Crippen LogP contribution >= 0.6 is 23.4 Å². The molecule has 3 aromatic rings. The van der Waals surface area contributed by atoms with E-state index >= 15 is 0 Å². The standard InChI is InChI=1S/C39H44ClFN6O5S/c1-39(2,50)26-6-11-30(12-7-26)52-31-13-9-28(10-14-31)47(25-48)22-29-21-46(18-17-45(29)4)23-34-36(38(49)51-5)37(32-15-8-27(41)20-33(32)40)44-35(43-34)24-53-19-16-42-3/h6-16,19-20,25,29,37,50H,3,17-18,21-24H2,1-2,4-5H3,(H,43,44)/b19-16-/t29?,37-/m0/s1. The van der Waals surface area contributed by atoms with Crippen molar-refractivity contribution in [1.82, 2.24) is 15.1 Å². The average molecular weight is 763 g/mol. The summed E-state index contributed by atoms with van der Waals surface area (Å²) in [6, 6.07) is 17.8. The van der Waals surface area contributed by atoms with Gasteiger partial charge in [0, 0.05) is 66.9 Å². The third kappa shape index (κ3) is 10.3. The molecule has 14 heteroatoms. The minimum atomic E-state index is -0.945. The van der Waals surface area contributed by atoms with Crippen molar-refractivity contribution in [2.75, 3.05) is 57.5 Å². The zero-order valence-electron chi connectivity index (χ0n) is 30.2. The first kappa shape index (κ1) is 39.7. The highest BCUT2D eigenvalue weighted by atomic mass is 35.5. The molecule has 11 nitrogen and oxygen atoms in total. The second-order valence-electron chi connectivity index (χ2n) is 13.2. The molecule has 0 aliphatic carbocycles. The fraction of sp³-hybridized carbons (Fsp3) is 0.333. The molecule has 53 heavy (non-hydrogen) atoms. The first-order valence-electron chi connectivity index (χ1n) is 17.0. The summed E-state index contributed by atoms with van der Waals surface area (Å²) in [5, 5.41) is 15.5. The summed E-state index contributed by atoms with van der Waals surface area (Å²) >= 11 is 7.96. The average Bonchev–Trinajstić information content (AvgIpc) is 3.13. The van der Waals surface area contributed by atoms with Gasteiger partial charge in [-0.05, 0) is 87.1 Å². The number of aliphatic imine (C=N–C) groups is 2. The molecule has 1 unspecified atom stereocenters. The summed E-state index contributed by atoms with van der Waals surface area (Å²) in [7, 11) is 3.34. The van der Waals surface area contributed by atoms with Crippen molar-refractivity contribution < 1.29 is 28.6 Å². The van der Waals surface area contributed by atoms with Crippen LogP contribution < -0.4 is 15.0 Å². The van der Waals surface area contributed by atoms with E-state index in [-0.39, 0.29) is 11.1 Å². The van der Waals surface area contributed by atoms with Crippen LogP contribution in [-0.2, 0) is 19.9 Å². The van der Waals surface area contributed by atoms with Crippen LogP contribution in [0.3, 0.4) is 0 Å². The van der Waals surface area contributed by atoms with Gasteiger partial charge in [-0.3, -0.25) is 24.6 Å². The van der Waals surface area contributed by atoms with Crippen LogP contribution in [-0.4, -0.2) is 98.5 Å². The Hall–Kier alpha value is -4.53. The third-order valence-electron chi connectivity index (χ3n) is 9.07. The number of likely N-dealkylation sites (N-methyl/N-ethyl adjacent to an activating group) is 1. The van der Waals surface area contributed by atoms with E-state index in [2.05, 4.69) is 26.8 Å². The highest BCUT2D eigenvalue weighted by molar-refractivity contribution is 8.02. The summed E-state index contributed by atoms with van der Waals surface area (Å²) in [4.78, 5) is 40.5. The van der Waals surface area contributed by atoms with Gasteiger partial charge in [0.1, 0.15) is 29.2 Å². The highest BCUT2D eigenvalue weighted by Gasteiger charge is 2.35. The van der Waals surface area contributed by atoms with Crippen LogP contribution in [0.2, 0.25) is 5.02 Å². The number of piperazine rings is 1. The number of amidine groups is 1. The molecule has 2 aliphatic heterocycles. The van der Waals surface area contributed by atoms with Crippen molar-refractivity contribution in [3.8, 4) is 11.5 Å². The smallest absolute Gasteiger partial charge is 0.338 e. The van der Waals surface area contributed by atoms with Crippen LogP contribution in [0.15, 0.2) is 99.6 Å². The predicted molar refractivity (Wildman–Crippen MR) is 209 cm³/mol. The van der Waals surface area contributed by atoms with Gasteiger partial charge in [0.05, 0.1) is 24.0 Å². The zero-order chi connectivity index (χ0) is 38.1. The zero-order valence-corrected chi connectivity index (χ0v) is 31.7. The maximum atomic E-state index is 14.1. The topological polar surface area (TPSA) is 119 Å². The summed E-state index contributed by atoms with van der Waals surface area (Å²) < 4.78 is 25.3. The number of halogens is 2. The number of esters is 1. The third-order valence-corrected chi connectivity index (χ3v) is 10.1. The number of rotatable bonds is 15. The molecule has 2 N–H and O–H groups in total. The lowest BCUT2D eigenvalue weighted by Crippen LogP contribution is -2.56. The van der Waals surface area contributed by atoms with E-state index in [9.17, 15) is 19.1 Å². The number of nitrogens with zero attached hydrogens (tertiary/aromatic N) is 5. The molecule has 5 rings (SSSR count). The second kappa shape index (κ2) is 18.0. The first-order valence-corrected chi connectivity index (χ1v) is 18.4. The van der Waals surface area contributed by atoms with E-state index in [0.29, 0.717) is 66.1 Å². The molecule has 0 bridgehead atoms. The number of carbonyl (C=O) groups is 2. The normalized spacial score (nSPS) is 18.4. The van der Waals surface area contributed by atoms with E-state index in [4.69, 9.17) is 26.1 Å². The van der Waals surface area contributed by atoms with Crippen molar-refractivity contribution in [3.63, 3.8) is 0 Å². The van der Waals surface area contributed by atoms with Gasteiger partial charge in [-0.25, -0.2) is 9.18 Å². The van der Waals surface area contributed by atoms with Gasteiger partial charge in [-0.15, -0.1) is 11.8 Å². The molecule has 2 aliphatic rings. The lowest BCUT2D eigenvalue weighted by atomic mass is 9.95. The fourth-order valence-corrected chi connectivity index (χ4v) is 6.99. The molecule has 0 saturated carbocycles. The molecule has 0 radical (unpaired) electrons. The van der Waals surface area contributed by atoms with E-state index in [1.165, 1.54) is 31.0 Å². The molecule has 0 spiro atoms. The van der Waals surface area contributed by atoms with Crippen molar-refractivity contribution in [3.05, 3.63) is 112 Å². The van der Waals surface area contributed by atoms with Gasteiger partial charge in [0.25, 0.3) is 0 Å². The molecule has 280 valence electrons. The number of methoxy groups -OCH3 is 1. The number of thioether (sulfide) groups is 1. The number of anilines is 1. The number of ether oxygens (including phenoxy) is 2. The van der Waals surface area contributed by atoms with Gasteiger partial charge >= 0.3 is 5.97 Å². The monoisotopic (exact) mass is 762 g/mol. The number of hydrogen-bond acceptors (Lipinski definition) is 11. The molecular formula is C39H44ClFN6O5S. The van der Waals surface area contributed by atoms with Crippen LogP contribution in [0.4, 0.5) is 10.1 Å². The van der Waals surface area contributed by atoms with Crippen molar-refractivity contribution in [1.29, 1.82) is 0 Å². The van der Waals surface area contributed by atoms with E-state index < -0.39 is 23.4 Å². The van der Waals surface area contributed by atoms with E-state index in [1.807, 2.05) is 43.4 Å². The summed E-state index contributed by atoms with van der Waals surface area (Å²) in [5.74, 6) is 1.22. The molecule has 2 atom stereocenters. The Morgan fingerprint density at radius 2 is 1.87 bits per heavy atom. The fourth-order valence-electron chi connectivity index (χ4n) is 6.15. The lowest BCUT2D eigenvalue weighted by molar-refractivity contribution is -0.136. The lowest BCUT2D eigenvalue weighted by Gasteiger charge is -2.41. The van der Waals surface area contributed by atoms with Gasteiger partial charge in [-0.2, -0.15) is 0 Å². The Balaban J connectivity index is 1.32. The molecule has 1 fully saturated rings. The van der Waals surface area contributed by atoms with Gasteiger partial charge in [-0.1, -0.05) is 29.8 Å². The Morgan fingerprint density at radius 1 is 1.17 bits per heavy atom. The van der Waals surface area contributed by atoms with Crippen LogP contribution in [0.5, 0.6) is 11.5 Å². The van der Waals surface area contributed by atoms with Gasteiger partial charge < -0.3 is 24.8 Å². The van der Waals surface area contributed by atoms with E-state index in [1.54, 1.807) is 48.6 Å². The Bertz CT molecular complexity index is 1870. The Kier molecular flexibility index (Phi) is 13.5. The van der Waals surface area contributed by atoms with E-state index in [0.717, 1.165) is 24.2 Å². The predicted octanol–water partition coefficient (Wildman–Crippen LogP) is 6.15. The van der Waals surface area contributed by atoms with Crippen molar-refractivity contribution in [2.24, 2.45) is 9.98 Å². The molecule has 1 saturated heterocycles. The number of carbonyl (C=O) groups excluding carboxylic acids is 2. The Labute approximate surface area is 318 Å². The van der Waals surface area contributed by atoms with Crippen LogP contribution in [0.25, 0.3) is 0 Å². The molecule has 1 amide bonds. The van der Waals surface area contributed by atoms with Gasteiger partial charge in [0.2, 0.25) is 6.41 Å². The second-order valence-corrected chi connectivity index (χ2v) is 14.5. The van der Waals surface area contributed by atoms with Crippen LogP contribution in [0.1, 0.15) is 31.0 Å². The summed E-state index contributed by atoms with van der Waals surface area (Å²) in [6.07, 6.45) is 2.40. The quantitative estimate of drug-likeness (QED) is 0.107. The SMILES string of the molecule is C=N/C=C\SCC1=N[C@@H](c2ccc(F)cc2Cl)C(C(=O)OC)=C(CN2CCN(C)C(CN(C=O)c3ccc(Oc4ccc(C(C)(C)O)cc4)cc3)C2)N1. The number of benzene rings is 3. The number of amides is 1. The number of aliphatic hydroxyl groups is 1. The largest absolute Gasteiger partial charge is 0.466 e. The maximum Gasteiger partial charge on any atom is 0.338 e. The minimum absolute atomic E-state index is 0.0347. The Morgan fingerprint density at radius 3 is 2.49 bits per heavy atom. The molecular weight excluding hydrogens is 719 g/mol. The number of hydrogen-bond donors (Lipinski definition) is 2. The van der Waals surface area contributed by atoms with Crippen molar-refractivity contribution in [2.45, 2.75) is 31.5 Å². The molecule has 0 aromatic heterocycles. The summed E-state index contributed by atoms with van der Waals surface area (Å²) in [6.45, 7) is 9.73. The molecule has 3 aromatic carbocycles. The molecule has 2 heterocycles. The van der Waals surface area contributed by atoms with Gasteiger partial charge in [0.15, 0.2) is 0 Å². The highest BCUT2D eigenvalue weighted by Crippen LogP contribution is 2.37. The van der Waals surface area contributed by atoms with Crippen molar-refractivity contribution >= 4 is 54.0 Å². The summed E-state index contributed by atoms with van der Waals surface area (Å²) in [5.41, 5.74) is 1.94. The number of nitrogens with one attached hydrogen (secondary N) is 1. The van der Waals surface area contributed by atoms with Crippen LogP contribution in [0, 0.1) is 5.82 Å². The minimum Gasteiger partial charge on any atom is -0.466 e. The maximum absolute atomic E-state index is 14.1. The first-order chi connectivity index (χ1) is 25.4.